The zero-order chi connectivity index (χ0) is 21.8. The van der Waals surface area contributed by atoms with Crippen molar-refractivity contribution in [1.29, 1.82) is 0 Å². The van der Waals surface area contributed by atoms with E-state index in [1.807, 2.05) is 6.33 Å². The van der Waals surface area contributed by atoms with E-state index in [0.717, 1.165) is 38.5 Å². The molecule has 1 amide bonds. The average Bonchev–Trinajstić information content (AvgIpc) is 3.19. The van der Waals surface area contributed by atoms with E-state index in [4.69, 9.17) is 0 Å². The minimum atomic E-state index is -0.270. The SMILES string of the molecule is CC[C@@H](C)c1ccc([C@@H](C)NC(=O)C23C[C@@H]4C[C@@H](C2)CC(n2cnc(Br)n2)(C4)C3)cc1. The summed E-state index contributed by atoms with van der Waals surface area (Å²) in [6.07, 6.45) is 9.43. The van der Waals surface area contributed by atoms with Crippen LogP contribution in [0.15, 0.2) is 35.3 Å². The van der Waals surface area contributed by atoms with Gasteiger partial charge >= 0.3 is 0 Å². The number of hydrogen-bond acceptors (Lipinski definition) is 3. The number of halogens is 1. The number of aromatic nitrogens is 3. The fraction of sp³-hybridized carbons (Fsp3) is 0.640. The number of rotatable bonds is 6. The van der Waals surface area contributed by atoms with Gasteiger partial charge in [0.2, 0.25) is 10.6 Å². The second-order valence-electron chi connectivity index (χ2n) is 10.6. The molecule has 4 bridgehead atoms. The normalized spacial score (nSPS) is 33.3. The molecule has 0 unspecified atom stereocenters. The topological polar surface area (TPSA) is 59.8 Å². The van der Waals surface area contributed by atoms with Gasteiger partial charge in [-0.05, 0) is 96.7 Å². The molecule has 4 atom stereocenters. The maximum absolute atomic E-state index is 13.7. The molecule has 31 heavy (non-hydrogen) atoms. The number of hydrogen-bond donors (Lipinski definition) is 1. The third-order valence-electron chi connectivity index (χ3n) is 8.43. The third kappa shape index (κ3) is 3.65. The van der Waals surface area contributed by atoms with Crippen LogP contribution in [0.2, 0.25) is 0 Å². The fourth-order valence-electron chi connectivity index (χ4n) is 7.00. The minimum Gasteiger partial charge on any atom is -0.349 e. The van der Waals surface area contributed by atoms with Crippen LogP contribution in [0, 0.1) is 17.3 Å². The molecule has 166 valence electrons. The first-order valence-electron chi connectivity index (χ1n) is 11.8. The van der Waals surface area contributed by atoms with Crippen LogP contribution in [0.3, 0.4) is 0 Å². The number of amides is 1. The highest BCUT2D eigenvalue weighted by Gasteiger charge is 2.61. The van der Waals surface area contributed by atoms with Gasteiger partial charge in [0.25, 0.3) is 0 Å². The van der Waals surface area contributed by atoms with Crippen LogP contribution >= 0.6 is 15.9 Å². The molecule has 0 radical (unpaired) electrons. The van der Waals surface area contributed by atoms with Gasteiger partial charge in [-0.2, -0.15) is 0 Å². The Hall–Kier alpha value is -1.69. The van der Waals surface area contributed by atoms with E-state index < -0.39 is 0 Å². The summed E-state index contributed by atoms with van der Waals surface area (Å²) in [5, 5.41) is 8.02. The first kappa shape index (κ1) is 21.2. The van der Waals surface area contributed by atoms with Gasteiger partial charge in [0, 0.05) is 0 Å². The lowest BCUT2D eigenvalue weighted by Gasteiger charge is -2.61. The molecule has 1 aromatic carbocycles. The number of nitrogens with zero attached hydrogens (tertiary/aromatic N) is 3. The molecule has 4 fully saturated rings. The first-order valence-corrected chi connectivity index (χ1v) is 12.6. The van der Waals surface area contributed by atoms with E-state index in [1.165, 1.54) is 17.5 Å². The Bertz CT molecular complexity index is 954. The predicted octanol–water partition coefficient (Wildman–Crippen LogP) is 5.73. The Labute approximate surface area is 193 Å². The van der Waals surface area contributed by atoms with Crippen molar-refractivity contribution < 1.29 is 4.79 Å². The highest BCUT2D eigenvalue weighted by atomic mass is 79.9. The Morgan fingerprint density at radius 2 is 1.81 bits per heavy atom. The van der Waals surface area contributed by atoms with Gasteiger partial charge < -0.3 is 5.32 Å². The zero-order valence-corrected chi connectivity index (χ0v) is 20.4. The van der Waals surface area contributed by atoms with Crippen molar-refractivity contribution in [2.24, 2.45) is 17.3 Å². The summed E-state index contributed by atoms with van der Waals surface area (Å²) in [7, 11) is 0. The van der Waals surface area contributed by atoms with Crippen molar-refractivity contribution >= 4 is 21.8 Å². The summed E-state index contributed by atoms with van der Waals surface area (Å²) in [5.74, 6) is 2.03. The Kier molecular flexibility index (Phi) is 5.27. The standard InChI is InChI=1S/C25H33BrN4O/c1-4-16(2)20-5-7-21(8-6-20)17(3)28-22(31)24-10-18-9-19(11-24)13-25(12-18,14-24)30-15-27-23(26)29-30/h5-8,15-19H,4,9-14H2,1-3H3,(H,28,31)/t16-,17-,18+,19+,24?,25?/m1/s1. The van der Waals surface area contributed by atoms with Gasteiger partial charge in [0.1, 0.15) is 6.33 Å². The van der Waals surface area contributed by atoms with Crippen LogP contribution < -0.4 is 5.32 Å². The van der Waals surface area contributed by atoms with Crippen LogP contribution in [0.4, 0.5) is 0 Å². The van der Waals surface area contributed by atoms with Crippen LogP contribution in [-0.2, 0) is 10.3 Å². The quantitative estimate of drug-likeness (QED) is 0.569. The first-order chi connectivity index (χ1) is 14.8. The van der Waals surface area contributed by atoms with Gasteiger partial charge in [0.05, 0.1) is 17.0 Å². The van der Waals surface area contributed by atoms with Crippen molar-refractivity contribution in [3.63, 3.8) is 0 Å². The van der Waals surface area contributed by atoms with E-state index in [2.05, 4.69) is 81.0 Å². The molecule has 0 saturated heterocycles. The second kappa shape index (κ2) is 7.72. The fourth-order valence-corrected chi connectivity index (χ4v) is 7.26. The van der Waals surface area contributed by atoms with Gasteiger partial charge in [0.15, 0.2) is 0 Å². The molecule has 1 heterocycles. The maximum atomic E-state index is 13.7. The molecule has 4 saturated carbocycles. The highest BCUT2D eigenvalue weighted by Crippen LogP contribution is 2.64. The van der Waals surface area contributed by atoms with Crippen LogP contribution in [-0.4, -0.2) is 20.7 Å². The van der Waals surface area contributed by atoms with Crippen molar-refractivity contribution in [3.8, 4) is 0 Å². The molecule has 5 nitrogen and oxygen atoms in total. The molecular weight excluding hydrogens is 452 g/mol. The largest absolute Gasteiger partial charge is 0.349 e. The average molecular weight is 485 g/mol. The van der Waals surface area contributed by atoms with Crippen molar-refractivity contribution in [1.82, 2.24) is 20.1 Å². The van der Waals surface area contributed by atoms with Crippen LogP contribution in [0.5, 0.6) is 0 Å². The molecule has 6 rings (SSSR count). The molecule has 6 heteroatoms. The van der Waals surface area contributed by atoms with E-state index >= 15 is 0 Å². The highest BCUT2D eigenvalue weighted by molar-refractivity contribution is 9.10. The number of nitrogens with one attached hydrogen (secondary N) is 1. The molecule has 4 aliphatic rings. The summed E-state index contributed by atoms with van der Waals surface area (Å²) < 4.78 is 2.70. The van der Waals surface area contributed by atoms with Gasteiger partial charge in [-0.3, -0.25) is 4.79 Å². The molecule has 4 aliphatic carbocycles. The lowest BCUT2D eigenvalue weighted by atomic mass is 9.46. The van der Waals surface area contributed by atoms with Gasteiger partial charge in [-0.1, -0.05) is 38.1 Å². The summed E-state index contributed by atoms with van der Waals surface area (Å²) in [5.41, 5.74) is 2.22. The summed E-state index contributed by atoms with van der Waals surface area (Å²) in [6, 6.07) is 8.81. The monoisotopic (exact) mass is 484 g/mol. The number of carbonyl (C=O) groups excluding carboxylic acids is 1. The lowest BCUT2D eigenvalue weighted by Crippen LogP contribution is -2.61. The van der Waals surface area contributed by atoms with Gasteiger partial charge in [-0.25, -0.2) is 9.67 Å². The molecule has 0 aliphatic heterocycles. The predicted molar refractivity (Wildman–Crippen MR) is 125 cm³/mol. The Morgan fingerprint density at radius 3 is 2.39 bits per heavy atom. The van der Waals surface area contributed by atoms with E-state index in [1.54, 1.807) is 0 Å². The van der Waals surface area contributed by atoms with Crippen molar-refractivity contribution in [2.75, 3.05) is 0 Å². The molecular formula is C25H33BrN4O. The number of carbonyl (C=O) groups is 1. The van der Waals surface area contributed by atoms with Gasteiger partial charge in [-0.15, -0.1) is 5.10 Å². The maximum Gasteiger partial charge on any atom is 0.226 e. The Balaban J connectivity index is 1.35. The molecule has 1 N–H and O–H groups in total. The smallest absolute Gasteiger partial charge is 0.226 e. The summed E-state index contributed by atoms with van der Waals surface area (Å²) in [4.78, 5) is 18.0. The minimum absolute atomic E-state index is 0.0166. The third-order valence-corrected chi connectivity index (χ3v) is 8.79. The molecule has 2 aromatic rings. The van der Waals surface area contributed by atoms with E-state index in [0.29, 0.717) is 22.5 Å². The van der Waals surface area contributed by atoms with E-state index in [9.17, 15) is 4.79 Å². The number of benzene rings is 1. The summed E-state index contributed by atoms with van der Waals surface area (Å²) in [6.45, 7) is 6.59. The Morgan fingerprint density at radius 1 is 1.16 bits per heavy atom. The van der Waals surface area contributed by atoms with Crippen LogP contribution in [0.1, 0.15) is 88.8 Å². The zero-order valence-electron chi connectivity index (χ0n) is 18.8. The van der Waals surface area contributed by atoms with Crippen LogP contribution in [0.25, 0.3) is 0 Å². The lowest BCUT2D eigenvalue weighted by molar-refractivity contribution is -0.156. The second-order valence-corrected chi connectivity index (χ2v) is 11.3. The van der Waals surface area contributed by atoms with Crippen molar-refractivity contribution in [3.05, 3.63) is 46.5 Å². The van der Waals surface area contributed by atoms with Crippen molar-refractivity contribution in [2.45, 2.75) is 83.2 Å². The summed E-state index contributed by atoms with van der Waals surface area (Å²) >= 11 is 3.41. The van der Waals surface area contributed by atoms with E-state index in [-0.39, 0.29) is 22.9 Å². The molecule has 0 spiro atoms. The molecule has 1 aromatic heterocycles.